The number of aliphatic hydroxyl groups is 1. The fourth-order valence-electron chi connectivity index (χ4n) is 2.37. The summed E-state index contributed by atoms with van der Waals surface area (Å²) < 4.78 is 1.42. The van der Waals surface area contributed by atoms with Gasteiger partial charge in [-0.2, -0.15) is 9.58 Å². The van der Waals surface area contributed by atoms with Gasteiger partial charge in [-0.1, -0.05) is 20.8 Å². The van der Waals surface area contributed by atoms with Crippen LogP contribution in [0.2, 0.25) is 0 Å². The summed E-state index contributed by atoms with van der Waals surface area (Å²) in [6.07, 6.45) is 6.21. The van der Waals surface area contributed by atoms with Gasteiger partial charge in [-0.25, -0.2) is 9.97 Å². The number of carbonyl (C=O) groups is 2. The van der Waals surface area contributed by atoms with Crippen LogP contribution in [0.25, 0.3) is 5.70 Å². The molecule has 2 aromatic rings. The third kappa shape index (κ3) is 3.06. The normalized spacial score (nSPS) is 15.1. The van der Waals surface area contributed by atoms with E-state index in [9.17, 15) is 14.7 Å². The van der Waals surface area contributed by atoms with E-state index in [4.69, 9.17) is 0 Å². The monoisotopic (exact) mass is 340 g/mol. The molecule has 0 radical (unpaired) electrons. The highest BCUT2D eigenvalue weighted by atomic mass is 16.3. The summed E-state index contributed by atoms with van der Waals surface area (Å²) in [7, 11) is 0. The lowest BCUT2D eigenvalue weighted by Gasteiger charge is -2.17. The standard InChI is InChI=1S/C17H17N5O3/c1-17(2,3)11-5-9-21(10-6-11)12-13(23)15(25)22(14(12)24)20-16-18-7-4-8-19-16/h4-10H,1-3H3,(H-,18,19,20,23,24)/p+1. The van der Waals surface area contributed by atoms with E-state index in [2.05, 4.69) is 36.2 Å². The number of anilines is 1. The molecule has 0 aliphatic carbocycles. The summed E-state index contributed by atoms with van der Waals surface area (Å²) in [6, 6.07) is 5.29. The Hall–Kier alpha value is -3.29. The van der Waals surface area contributed by atoms with Gasteiger partial charge in [0.05, 0.1) is 0 Å². The highest BCUT2D eigenvalue weighted by Gasteiger charge is 2.46. The Kier molecular flexibility index (Phi) is 3.96. The Morgan fingerprint density at radius 3 is 2.24 bits per heavy atom. The molecule has 0 fully saturated rings. The maximum absolute atomic E-state index is 12.6. The topological polar surface area (TPSA) is 99.3 Å². The molecule has 1 aliphatic heterocycles. The number of hydrogen-bond acceptors (Lipinski definition) is 6. The minimum Gasteiger partial charge on any atom is -0.498 e. The second-order valence-electron chi connectivity index (χ2n) is 6.57. The summed E-state index contributed by atoms with van der Waals surface area (Å²) in [5.41, 5.74) is 3.38. The van der Waals surface area contributed by atoms with E-state index in [1.165, 1.54) is 17.0 Å². The highest BCUT2D eigenvalue weighted by molar-refractivity contribution is 6.29. The number of aromatic nitrogens is 3. The van der Waals surface area contributed by atoms with Gasteiger partial charge in [-0.05, 0) is 17.0 Å². The van der Waals surface area contributed by atoms with Crippen molar-refractivity contribution in [3.05, 3.63) is 54.3 Å². The first kappa shape index (κ1) is 16.6. The van der Waals surface area contributed by atoms with Crippen molar-refractivity contribution in [2.75, 3.05) is 5.43 Å². The van der Waals surface area contributed by atoms with E-state index in [1.54, 1.807) is 18.5 Å². The number of nitrogens with one attached hydrogen (secondary N) is 1. The zero-order valence-corrected chi connectivity index (χ0v) is 14.1. The molecule has 2 N–H and O–H groups in total. The van der Waals surface area contributed by atoms with E-state index < -0.39 is 17.6 Å². The van der Waals surface area contributed by atoms with E-state index in [-0.39, 0.29) is 17.1 Å². The first-order valence-electron chi connectivity index (χ1n) is 7.67. The van der Waals surface area contributed by atoms with Gasteiger partial charge < -0.3 is 5.11 Å². The Morgan fingerprint density at radius 2 is 1.68 bits per heavy atom. The molecule has 3 heterocycles. The molecule has 2 amide bonds. The molecule has 25 heavy (non-hydrogen) atoms. The van der Waals surface area contributed by atoms with Crippen molar-refractivity contribution < 1.29 is 19.3 Å². The molecule has 2 aromatic heterocycles. The van der Waals surface area contributed by atoms with Crippen LogP contribution in [0.1, 0.15) is 26.3 Å². The second-order valence-corrected chi connectivity index (χ2v) is 6.57. The summed E-state index contributed by atoms with van der Waals surface area (Å²) in [6.45, 7) is 6.21. The maximum Gasteiger partial charge on any atom is 0.349 e. The number of pyridine rings is 1. The number of hydrogen-bond donors (Lipinski definition) is 2. The van der Waals surface area contributed by atoms with E-state index in [1.807, 2.05) is 12.1 Å². The molecular formula is C17H18N5O3+. The van der Waals surface area contributed by atoms with Crippen LogP contribution in [-0.2, 0) is 15.0 Å². The van der Waals surface area contributed by atoms with Crippen LogP contribution in [0.4, 0.5) is 5.95 Å². The van der Waals surface area contributed by atoms with E-state index in [0.29, 0.717) is 5.01 Å². The molecule has 1 aliphatic rings. The van der Waals surface area contributed by atoms with E-state index in [0.717, 1.165) is 5.56 Å². The average molecular weight is 340 g/mol. The van der Waals surface area contributed by atoms with Crippen molar-refractivity contribution in [2.45, 2.75) is 26.2 Å². The van der Waals surface area contributed by atoms with Gasteiger partial charge in [0, 0.05) is 24.5 Å². The predicted molar refractivity (Wildman–Crippen MR) is 88.7 cm³/mol. The zero-order valence-electron chi connectivity index (χ0n) is 14.1. The van der Waals surface area contributed by atoms with Crippen molar-refractivity contribution >= 4 is 23.5 Å². The fraction of sp³-hybridized carbons (Fsp3) is 0.235. The lowest BCUT2D eigenvalue weighted by molar-refractivity contribution is -0.578. The van der Waals surface area contributed by atoms with Crippen LogP contribution in [0.15, 0.2) is 48.7 Å². The number of imide groups is 1. The van der Waals surface area contributed by atoms with Crippen LogP contribution in [0.5, 0.6) is 0 Å². The number of amides is 2. The minimum atomic E-state index is -0.861. The number of nitrogens with zero attached hydrogens (tertiary/aromatic N) is 4. The first-order valence-corrected chi connectivity index (χ1v) is 7.67. The Labute approximate surface area is 144 Å². The molecule has 0 saturated carbocycles. The molecular weight excluding hydrogens is 322 g/mol. The minimum absolute atomic E-state index is 0.0523. The van der Waals surface area contributed by atoms with Crippen molar-refractivity contribution in [1.29, 1.82) is 0 Å². The number of carbonyl (C=O) groups excluding carboxylic acids is 2. The fourth-order valence-corrected chi connectivity index (χ4v) is 2.37. The van der Waals surface area contributed by atoms with Gasteiger partial charge in [-0.15, -0.1) is 0 Å². The van der Waals surface area contributed by atoms with Crippen molar-refractivity contribution in [3.63, 3.8) is 0 Å². The van der Waals surface area contributed by atoms with Crippen LogP contribution in [0, 0.1) is 0 Å². The molecule has 128 valence electrons. The predicted octanol–water partition coefficient (Wildman–Crippen LogP) is 1.18. The summed E-state index contributed by atoms with van der Waals surface area (Å²) in [5.74, 6) is -2.11. The lowest BCUT2D eigenvalue weighted by atomic mass is 9.88. The molecule has 0 spiro atoms. The van der Waals surface area contributed by atoms with Crippen molar-refractivity contribution in [3.8, 4) is 0 Å². The molecule has 0 unspecified atom stereocenters. The number of aliphatic hydroxyl groups excluding tert-OH is 1. The average Bonchev–Trinajstić information content (AvgIpc) is 2.79. The van der Waals surface area contributed by atoms with Crippen molar-refractivity contribution in [2.24, 2.45) is 0 Å². The van der Waals surface area contributed by atoms with Gasteiger partial charge in [0.25, 0.3) is 5.76 Å². The zero-order chi connectivity index (χ0) is 18.2. The Morgan fingerprint density at radius 1 is 1.08 bits per heavy atom. The van der Waals surface area contributed by atoms with Gasteiger partial charge in [0.2, 0.25) is 5.95 Å². The lowest BCUT2D eigenvalue weighted by Crippen LogP contribution is -2.42. The number of hydrazine groups is 1. The van der Waals surface area contributed by atoms with Crippen LogP contribution in [0.3, 0.4) is 0 Å². The van der Waals surface area contributed by atoms with Crippen LogP contribution in [-0.4, -0.2) is 31.9 Å². The maximum atomic E-state index is 12.6. The molecule has 0 saturated heterocycles. The Bertz CT molecular complexity index is 854. The summed E-state index contributed by atoms with van der Waals surface area (Å²) in [4.78, 5) is 32.6. The highest BCUT2D eigenvalue weighted by Crippen LogP contribution is 2.22. The molecule has 8 nitrogen and oxygen atoms in total. The first-order chi connectivity index (χ1) is 11.8. The molecule has 0 atom stereocenters. The van der Waals surface area contributed by atoms with Gasteiger partial charge >= 0.3 is 17.5 Å². The second kappa shape index (κ2) is 5.97. The summed E-state index contributed by atoms with van der Waals surface area (Å²) >= 11 is 0. The molecule has 0 bridgehead atoms. The smallest absolute Gasteiger partial charge is 0.349 e. The molecule has 3 rings (SSSR count). The van der Waals surface area contributed by atoms with Gasteiger partial charge in [-0.3, -0.25) is 15.0 Å². The molecule has 8 heteroatoms. The SMILES string of the molecule is CC(C)(C)c1cc[n+](C2=C(O)C(=O)N(Nc3ncccn3)C2=O)cc1. The van der Waals surface area contributed by atoms with Crippen molar-refractivity contribution in [1.82, 2.24) is 15.0 Å². The van der Waals surface area contributed by atoms with E-state index >= 15 is 0 Å². The Balaban J connectivity index is 1.89. The third-order valence-corrected chi connectivity index (χ3v) is 3.77. The number of rotatable bonds is 3. The van der Waals surface area contributed by atoms with Crippen LogP contribution < -0.4 is 9.99 Å². The van der Waals surface area contributed by atoms with Crippen LogP contribution >= 0.6 is 0 Å². The third-order valence-electron chi connectivity index (χ3n) is 3.77. The van der Waals surface area contributed by atoms with Gasteiger partial charge in [0.15, 0.2) is 12.4 Å². The molecule has 0 aromatic carbocycles. The quantitative estimate of drug-likeness (QED) is 0.643. The largest absolute Gasteiger partial charge is 0.498 e. The summed E-state index contributed by atoms with van der Waals surface area (Å²) in [5, 5.41) is 10.8. The van der Waals surface area contributed by atoms with Gasteiger partial charge in [0.1, 0.15) is 0 Å².